The fourth-order valence-corrected chi connectivity index (χ4v) is 6.87. The molecule has 3 unspecified atom stereocenters. The highest BCUT2D eigenvalue weighted by atomic mass is 16.7. The number of amides is 2. The van der Waals surface area contributed by atoms with Crippen LogP contribution in [-0.2, 0) is 32.2 Å². The SMILES string of the molecule is O=C(CCCCCCC(=O)NCc1cccc(-c2ccc(C3OC(CN4CCN(c5ncccn5)CC4)CC(c4ccc(CO)cc4)O3)cc2)c1)NO. The van der Waals surface area contributed by atoms with Gasteiger partial charge in [0.15, 0.2) is 6.29 Å². The Balaban J connectivity index is 1.05. The first-order chi connectivity index (χ1) is 26.0. The lowest BCUT2D eigenvalue weighted by atomic mass is 9.98. The Morgan fingerprint density at radius 3 is 2.15 bits per heavy atom. The molecular weight excluding hydrogens is 672 g/mol. The molecule has 0 spiro atoms. The summed E-state index contributed by atoms with van der Waals surface area (Å²) < 4.78 is 13.3. The minimum absolute atomic E-state index is 0.00186. The molecule has 0 radical (unpaired) electrons. The summed E-state index contributed by atoms with van der Waals surface area (Å²) in [6.07, 6.45) is 7.43. The number of unbranched alkanes of at least 4 members (excludes halogenated alkanes) is 3. The van der Waals surface area contributed by atoms with Gasteiger partial charge in [0.25, 0.3) is 0 Å². The van der Waals surface area contributed by atoms with Crippen LogP contribution >= 0.6 is 0 Å². The van der Waals surface area contributed by atoms with Crippen LogP contribution in [0.5, 0.6) is 0 Å². The zero-order chi connectivity index (χ0) is 36.8. The third-order valence-electron chi connectivity index (χ3n) is 9.90. The minimum Gasteiger partial charge on any atom is -0.392 e. The molecule has 0 saturated carbocycles. The zero-order valence-electron chi connectivity index (χ0n) is 30.1. The molecule has 4 aromatic rings. The van der Waals surface area contributed by atoms with E-state index in [1.807, 2.05) is 42.5 Å². The van der Waals surface area contributed by atoms with Crippen molar-refractivity contribution in [2.75, 3.05) is 37.6 Å². The van der Waals surface area contributed by atoms with Gasteiger partial charge in [0, 0.05) is 76.5 Å². The summed E-state index contributed by atoms with van der Waals surface area (Å²) in [5.74, 6) is 0.395. The third kappa shape index (κ3) is 11.1. The van der Waals surface area contributed by atoms with E-state index in [2.05, 4.69) is 61.5 Å². The molecule has 4 N–H and O–H groups in total. The van der Waals surface area contributed by atoms with Crippen molar-refractivity contribution in [2.24, 2.45) is 0 Å². The average Bonchev–Trinajstić information content (AvgIpc) is 3.22. The number of piperazine rings is 1. The smallest absolute Gasteiger partial charge is 0.243 e. The molecule has 2 saturated heterocycles. The number of hydrogen-bond donors (Lipinski definition) is 4. The maximum atomic E-state index is 12.4. The highest BCUT2D eigenvalue weighted by Gasteiger charge is 2.34. The first-order valence-corrected chi connectivity index (χ1v) is 18.6. The van der Waals surface area contributed by atoms with E-state index in [4.69, 9.17) is 14.7 Å². The van der Waals surface area contributed by atoms with Crippen LogP contribution in [-0.4, -0.2) is 75.8 Å². The molecule has 6 rings (SSSR count). The molecule has 12 nitrogen and oxygen atoms in total. The number of carbonyl (C=O) groups is 2. The van der Waals surface area contributed by atoms with Gasteiger partial charge in [-0.2, -0.15) is 0 Å². The van der Waals surface area contributed by atoms with E-state index in [9.17, 15) is 14.7 Å². The van der Waals surface area contributed by atoms with Crippen LogP contribution in [0.2, 0.25) is 0 Å². The summed E-state index contributed by atoms with van der Waals surface area (Å²) in [6.45, 7) is 4.74. The molecule has 2 aliphatic heterocycles. The fourth-order valence-electron chi connectivity index (χ4n) is 6.87. The lowest BCUT2D eigenvalue weighted by Crippen LogP contribution is -2.50. The van der Waals surface area contributed by atoms with Gasteiger partial charge in [-0.1, -0.05) is 79.6 Å². The van der Waals surface area contributed by atoms with Gasteiger partial charge in [0.2, 0.25) is 17.8 Å². The predicted molar refractivity (Wildman–Crippen MR) is 200 cm³/mol. The fraction of sp³-hybridized carbons (Fsp3) is 0.415. The Hall–Kier alpha value is -4.72. The van der Waals surface area contributed by atoms with Crippen LogP contribution in [0.25, 0.3) is 11.1 Å². The maximum absolute atomic E-state index is 12.4. The molecule has 2 amide bonds. The van der Waals surface area contributed by atoms with Crippen LogP contribution in [0.1, 0.15) is 79.6 Å². The van der Waals surface area contributed by atoms with Gasteiger partial charge < -0.3 is 24.8 Å². The number of ether oxygens (including phenoxy) is 2. The van der Waals surface area contributed by atoms with Crippen molar-refractivity contribution in [1.29, 1.82) is 0 Å². The quantitative estimate of drug-likeness (QED) is 0.0667. The highest BCUT2D eigenvalue weighted by molar-refractivity contribution is 5.76. The molecule has 3 heterocycles. The van der Waals surface area contributed by atoms with Crippen molar-refractivity contribution in [2.45, 2.75) is 76.6 Å². The van der Waals surface area contributed by atoms with Gasteiger partial charge in [-0.05, 0) is 52.8 Å². The predicted octanol–water partition coefficient (Wildman–Crippen LogP) is 5.47. The van der Waals surface area contributed by atoms with Crippen molar-refractivity contribution >= 4 is 17.8 Å². The average molecular weight is 723 g/mol. The number of nitrogens with zero attached hydrogens (tertiary/aromatic N) is 4. The third-order valence-corrected chi connectivity index (χ3v) is 9.90. The summed E-state index contributed by atoms with van der Waals surface area (Å²) in [4.78, 5) is 37.0. The molecule has 0 aliphatic carbocycles. The van der Waals surface area contributed by atoms with Crippen molar-refractivity contribution in [3.8, 4) is 11.1 Å². The number of aromatic nitrogens is 2. The molecule has 2 aliphatic rings. The van der Waals surface area contributed by atoms with Crippen LogP contribution in [0.4, 0.5) is 5.95 Å². The number of aliphatic hydroxyl groups is 1. The lowest BCUT2D eigenvalue weighted by Gasteiger charge is -2.40. The van der Waals surface area contributed by atoms with Crippen molar-refractivity contribution in [3.63, 3.8) is 0 Å². The molecule has 3 aromatic carbocycles. The standard InChI is InChI=1S/C41H50N6O6/c48-29-30-11-13-33(14-12-30)37-26-36(28-46-21-23-47(24-22-46)41-42-19-6-20-43-41)52-40(53-37)34-17-15-32(16-18-34)35-8-5-7-31(25-35)27-44-38(49)9-3-1-2-4-10-39(50)45-51/h5-8,11-20,25,36-37,40,48,51H,1-4,9-10,21-24,26-29H2,(H,44,49)(H,45,50). The maximum Gasteiger partial charge on any atom is 0.243 e. The van der Waals surface area contributed by atoms with Gasteiger partial charge in [0.1, 0.15) is 0 Å². The number of aliphatic hydroxyl groups excluding tert-OH is 1. The van der Waals surface area contributed by atoms with E-state index in [0.717, 1.165) is 97.7 Å². The Morgan fingerprint density at radius 2 is 1.45 bits per heavy atom. The Kier molecular flexibility index (Phi) is 13.9. The number of hydrogen-bond acceptors (Lipinski definition) is 10. The summed E-state index contributed by atoms with van der Waals surface area (Å²) in [6, 6.07) is 26.3. The monoisotopic (exact) mass is 722 g/mol. The highest BCUT2D eigenvalue weighted by Crippen LogP contribution is 2.39. The summed E-state index contributed by atoms with van der Waals surface area (Å²) in [5, 5.41) is 21.2. The van der Waals surface area contributed by atoms with Crippen LogP contribution in [0.3, 0.4) is 0 Å². The van der Waals surface area contributed by atoms with Crippen molar-refractivity contribution in [3.05, 3.63) is 114 Å². The van der Waals surface area contributed by atoms with E-state index >= 15 is 0 Å². The van der Waals surface area contributed by atoms with Crippen molar-refractivity contribution in [1.82, 2.24) is 25.7 Å². The van der Waals surface area contributed by atoms with Gasteiger partial charge in [-0.3, -0.25) is 19.7 Å². The second-order valence-electron chi connectivity index (χ2n) is 13.7. The Morgan fingerprint density at radius 1 is 0.755 bits per heavy atom. The largest absolute Gasteiger partial charge is 0.392 e. The van der Waals surface area contributed by atoms with Gasteiger partial charge in [0.05, 0.1) is 18.8 Å². The van der Waals surface area contributed by atoms with E-state index in [1.165, 1.54) is 0 Å². The molecule has 1 aromatic heterocycles. The number of rotatable bonds is 16. The summed E-state index contributed by atoms with van der Waals surface area (Å²) in [5.41, 5.74) is 7.65. The second kappa shape index (κ2) is 19.4. The molecule has 2 fully saturated rings. The number of benzene rings is 3. The molecule has 0 bridgehead atoms. The van der Waals surface area contributed by atoms with Crippen molar-refractivity contribution < 1.29 is 29.4 Å². The first kappa shape index (κ1) is 38.0. The number of anilines is 1. The topological polar surface area (TPSA) is 149 Å². The Bertz CT molecular complexity index is 1730. The summed E-state index contributed by atoms with van der Waals surface area (Å²) >= 11 is 0. The number of carbonyl (C=O) groups excluding carboxylic acids is 2. The van der Waals surface area contributed by atoms with Crippen LogP contribution in [0, 0.1) is 0 Å². The van der Waals surface area contributed by atoms with Gasteiger partial charge in [-0.25, -0.2) is 15.4 Å². The first-order valence-electron chi connectivity index (χ1n) is 18.6. The number of nitrogens with one attached hydrogen (secondary N) is 2. The normalized spacial score (nSPS) is 19.1. The van der Waals surface area contributed by atoms with Gasteiger partial charge in [-0.15, -0.1) is 0 Å². The van der Waals surface area contributed by atoms with E-state index in [0.29, 0.717) is 19.4 Å². The van der Waals surface area contributed by atoms with E-state index < -0.39 is 6.29 Å². The molecule has 12 heteroatoms. The molecule has 53 heavy (non-hydrogen) atoms. The van der Waals surface area contributed by atoms with Gasteiger partial charge >= 0.3 is 0 Å². The summed E-state index contributed by atoms with van der Waals surface area (Å²) in [7, 11) is 0. The minimum atomic E-state index is -0.536. The number of hydroxylamine groups is 1. The van der Waals surface area contributed by atoms with Crippen LogP contribution in [0.15, 0.2) is 91.3 Å². The molecule has 3 atom stereocenters. The van der Waals surface area contributed by atoms with E-state index in [-0.39, 0.29) is 37.0 Å². The second-order valence-corrected chi connectivity index (χ2v) is 13.7. The Labute approximate surface area is 311 Å². The zero-order valence-corrected chi connectivity index (χ0v) is 30.1. The molecular formula is C41H50N6O6. The molecule has 280 valence electrons. The van der Waals surface area contributed by atoms with Crippen LogP contribution < -0.4 is 15.7 Å². The lowest BCUT2D eigenvalue weighted by molar-refractivity contribution is -0.253. The van der Waals surface area contributed by atoms with E-state index in [1.54, 1.807) is 17.9 Å².